The molecule has 5 nitrogen and oxygen atoms in total. The van der Waals surface area contributed by atoms with E-state index in [1.54, 1.807) is 0 Å². The van der Waals surface area contributed by atoms with Gasteiger partial charge in [0, 0.05) is 18.1 Å². The van der Waals surface area contributed by atoms with E-state index in [4.69, 9.17) is 4.74 Å². The molecular weight excluding hydrogens is 268 g/mol. The van der Waals surface area contributed by atoms with Crippen LogP contribution in [0.3, 0.4) is 0 Å². The van der Waals surface area contributed by atoms with Gasteiger partial charge in [0.1, 0.15) is 5.60 Å². The molecule has 1 amide bonds. The topological polar surface area (TPSA) is 70.6 Å². The van der Waals surface area contributed by atoms with Crippen molar-refractivity contribution in [3.63, 3.8) is 0 Å². The van der Waals surface area contributed by atoms with E-state index in [1.165, 1.54) is 12.8 Å². The van der Waals surface area contributed by atoms with Crippen molar-refractivity contribution >= 4 is 6.09 Å². The highest BCUT2D eigenvalue weighted by Gasteiger charge is 2.34. The molecule has 21 heavy (non-hydrogen) atoms. The van der Waals surface area contributed by atoms with Crippen LogP contribution in [0.1, 0.15) is 65.7 Å². The number of alkyl carbamates (subject to hydrolysis) is 1. The van der Waals surface area contributed by atoms with E-state index >= 15 is 0 Å². The first-order valence-electron chi connectivity index (χ1n) is 8.27. The van der Waals surface area contributed by atoms with E-state index in [0.717, 1.165) is 32.1 Å². The van der Waals surface area contributed by atoms with Gasteiger partial charge < -0.3 is 20.5 Å². The van der Waals surface area contributed by atoms with Crippen molar-refractivity contribution in [3.8, 4) is 0 Å². The number of aliphatic hydroxyl groups excluding tert-OH is 1. The zero-order valence-corrected chi connectivity index (χ0v) is 13.5. The van der Waals surface area contributed by atoms with Crippen LogP contribution in [0.5, 0.6) is 0 Å². The standard InChI is InChI=1S/C16H30N2O3/c1-16(2,3)21-15(20)18-12-9-11(10-12)17-13-7-5-4-6-8-14(13)19/h11-14,17,19H,4-10H2,1-3H3,(H,18,20). The Bertz CT molecular complexity index is 348. The van der Waals surface area contributed by atoms with Gasteiger partial charge in [-0.1, -0.05) is 19.3 Å². The first-order valence-corrected chi connectivity index (χ1v) is 8.27. The molecule has 2 rings (SSSR count). The molecule has 122 valence electrons. The second-order valence-corrected chi connectivity index (χ2v) is 7.49. The largest absolute Gasteiger partial charge is 0.444 e. The molecule has 0 radical (unpaired) electrons. The number of carbonyl (C=O) groups excluding carboxylic acids is 1. The average molecular weight is 298 g/mol. The maximum Gasteiger partial charge on any atom is 0.407 e. The molecule has 0 aromatic rings. The summed E-state index contributed by atoms with van der Waals surface area (Å²) in [6.07, 6.45) is 6.80. The zero-order chi connectivity index (χ0) is 15.5. The lowest BCUT2D eigenvalue weighted by Crippen LogP contribution is -2.57. The molecule has 0 heterocycles. The summed E-state index contributed by atoms with van der Waals surface area (Å²) < 4.78 is 5.25. The van der Waals surface area contributed by atoms with Crippen molar-refractivity contribution in [3.05, 3.63) is 0 Å². The summed E-state index contributed by atoms with van der Waals surface area (Å²) >= 11 is 0. The summed E-state index contributed by atoms with van der Waals surface area (Å²) in [4.78, 5) is 11.7. The summed E-state index contributed by atoms with van der Waals surface area (Å²) in [7, 11) is 0. The predicted molar refractivity (Wildman–Crippen MR) is 82.2 cm³/mol. The first kappa shape index (κ1) is 16.6. The van der Waals surface area contributed by atoms with Crippen molar-refractivity contribution in [2.45, 2.75) is 95.5 Å². The average Bonchev–Trinajstić information content (AvgIpc) is 2.49. The monoisotopic (exact) mass is 298 g/mol. The summed E-state index contributed by atoms with van der Waals surface area (Å²) in [5.74, 6) is 0. The third kappa shape index (κ3) is 5.47. The molecule has 0 aliphatic heterocycles. The molecule has 5 heteroatoms. The van der Waals surface area contributed by atoms with E-state index in [9.17, 15) is 9.90 Å². The van der Waals surface area contributed by atoms with E-state index in [1.807, 2.05) is 20.8 Å². The molecule has 2 fully saturated rings. The third-order valence-corrected chi connectivity index (χ3v) is 4.29. The molecule has 0 saturated heterocycles. The minimum Gasteiger partial charge on any atom is -0.444 e. The van der Waals surface area contributed by atoms with Crippen LogP contribution in [0.15, 0.2) is 0 Å². The highest BCUT2D eigenvalue weighted by molar-refractivity contribution is 5.68. The lowest BCUT2D eigenvalue weighted by molar-refractivity contribution is 0.0447. The lowest BCUT2D eigenvalue weighted by atomic mass is 9.85. The molecular formula is C16H30N2O3. The zero-order valence-electron chi connectivity index (χ0n) is 13.5. The molecule has 2 atom stereocenters. The van der Waals surface area contributed by atoms with Gasteiger partial charge in [-0.2, -0.15) is 0 Å². The maximum atomic E-state index is 11.7. The van der Waals surface area contributed by atoms with Gasteiger partial charge >= 0.3 is 6.09 Å². The number of nitrogens with one attached hydrogen (secondary N) is 2. The second kappa shape index (κ2) is 6.97. The van der Waals surface area contributed by atoms with Crippen LogP contribution < -0.4 is 10.6 Å². The van der Waals surface area contributed by atoms with Crippen LogP contribution in [-0.2, 0) is 4.74 Å². The third-order valence-electron chi connectivity index (χ3n) is 4.29. The lowest BCUT2D eigenvalue weighted by Gasteiger charge is -2.39. The summed E-state index contributed by atoms with van der Waals surface area (Å²) in [5.41, 5.74) is -0.448. The minimum absolute atomic E-state index is 0.195. The quantitative estimate of drug-likeness (QED) is 0.699. The van der Waals surface area contributed by atoms with Crippen molar-refractivity contribution in [1.82, 2.24) is 10.6 Å². The normalized spacial score (nSPS) is 33.7. The molecule has 2 aliphatic carbocycles. The number of hydrogen-bond acceptors (Lipinski definition) is 4. The molecule has 0 aromatic heterocycles. The van der Waals surface area contributed by atoms with Gasteiger partial charge in [-0.15, -0.1) is 0 Å². The Balaban J connectivity index is 1.66. The van der Waals surface area contributed by atoms with Crippen molar-refractivity contribution < 1.29 is 14.6 Å². The summed E-state index contributed by atoms with van der Waals surface area (Å²) in [5, 5.41) is 16.6. The Kier molecular flexibility index (Phi) is 5.49. The van der Waals surface area contributed by atoms with Gasteiger partial charge in [0.25, 0.3) is 0 Å². The van der Waals surface area contributed by atoms with E-state index in [-0.39, 0.29) is 24.3 Å². The summed E-state index contributed by atoms with van der Waals surface area (Å²) in [6.45, 7) is 5.60. The van der Waals surface area contributed by atoms with E-state index < -0.39 is 5.60 Å². The number of carbonyl (C=O) groups is 1. The van der Waals surface area contributed by atoms with Crippen molar-refractivity contribution in [2.75, 3.05) is 0 Å². The van der Waals surface area contributed by atoms with Gasteiger partial charge in [-0.05, 0) is 46.5 Å². The Morgan fingerprint density at radius 3 is 2.43 bits per heavy atom. The van der Waals surface area contributed by atoms with E-state index in [0.29, 0.717) is 6.04 Å². The van der Waals surface area contributed by atoms with Crippen LogP contribution >= 0.6 is 0 Å². The van der Waals surface area contributed by atoms with Gasteiger partial charge in [-0.3, -0.25) is 0 Å². The Hall–Kier alpha value is -0.810. The number of amides is 1. The highest BCUT2D eigenvalue weighted by Crippen LogP contribution is 2.25. The van der Waals surface area contributed by atoms with Gasteiger partial charge in [0.05, 0.1) is 6.10 Å². The Morgan fingerprint density at radius 2 is 1.76 bits per heavy atom. The fraction of sp³-hybridized carbons (Fsp3) is 0.938. The van der Waals surface area contributed by atoms with Crippen LogP contribution in [0, 0.1) is 0 Å². The molecule has 2 aliphatic rings. The molecule has 3 N–H and O–H groups in total. The highest BCUT2D eigenvalue weighted by atomic mass is 16.6. The van der Waals surface area contributed by atoms with Crippen LogP contribution in [-0.4, -0.2) is 41.0 Å². The van der Waals surface area contributed by atoms with Crippen LogP contribution in [0.2, 0.25) is 0 Å². The van der Waals surface area contributed by atoms with Gasteiger partial charge in [-0.25, -0.2) is 4.79 Å². The predicted octanol–water partition coefficient (Wildman–Crippen LogP) is 2.33. The van der Waals surface area contributed by atoms with Crippen molar-refractivity contribution in [2.24, 2.45) is 0 Å². The Labute approximate surface area is 127 Å². The van der Waals surface area contributed by atoms with Crippen LogP contribution in [0.25, 0.3) is 0 Å². The fourth-order valence-electron chi connectivity index (χ4n) is 3.13. The van der Waals surface area contributed by atoms with Crippen molar-refractivity contribution in [1.29, 1.82) is 0 Å². The molecule has 0 spiro atoms. The first-order chi connectivity index (χ1) is 9.83. The number of aliphatic hydroxyl groups is 1. The number of rotatable bonds is 3. The number of hydrogen-bond donors (Lipinski definition) is 3. The molecule has 0 aromatic carbocycles. The molecule has 0 bridgehead atoms. The van der Waals surface area contributed by atoms with Gasteiger partial charge in [0.2, 0.25) is 0 Å². The van der Waals surface area contributed by atoms with Crippen LogP contribution in [0.4, 0.5) is 4.79 Å². The maximum absolute atomic E-state index is 11.7. The number of ether oxygens (including phenoxy) is 1. The Morgan fingerprint density at radius 1 is 1.10 bits per heavy atom. The minimum atomic E-state index is -0.448. The summed E-state index contributed by atoms with van der Waals surface area (Å²) in [6, 6.07) is 0.822. The van der Waals surface area contributed by atoms with Gasteiger partial charge in [0.15, 0.2) is 0 Å². The SMILES string of the molecule is CC(C)(C)OC(=O)NC1CC(NC2CCCCCC2O)C1. The fourth-order valence-corrected chi connectivity index (χ4v) is 3.13. The second-order valence-electron chi connectivity index (χ2n) is 7.49. The smallest absolute Gasteiger partial charge is 0.407 e. The molecule has 2 unspecified atom stereocenters. The molecule has 2 saturated carbocycles. The van der Waals surface area contributed by atoms with E-state index in [2.05, 4.69) is 10.6 Å².